The topological polar surface area (TPSA) is 13.1 Å². The molecule has 8 aromatic carbocycles. The Morgan fingerprint density at radius 3 is 1.84 bits per heavy atom. The Balaban J connectivity index is 1.46. The van der Waals surface area contributed by atoms with Crippen molar-refractivity contribution in [2.45, 2.75) is 0 Å². The van der Waals surface area contributed by atoms with Crippen LogP contribution in [0.15, 0.2) is 162 Å². The van der Waals surface area contributed by atoms with Crippen LogP contribution < -0.4 is 0 Å². The summed E-state index contributed by atoms with van der Waals surface area (Å²) < 4.78 is 61.0. The largest absolute Gasteiger partial charge is 0.456 e. The van der Waals surface area contributed by atoms with Crippen LogP contribution in [0.2, 0.25) is 0 Å². The van der Waals surface area contributed by atoms with E-state index in [2.05, 4.69) is 42.5 Å². The second-order valence-electron chi connectivity index (χ2n) is 10.8. The van der Waals surface area contributed by atoms with E-state index >= 15 is 0 Å². The lowest BCUT2D eigenvalue weighted by molar-refractivity contribution is 0.669. The van der Waals surface area contributed by atoms with Gasteiger partial charge in [0.1, 0.15) is 11.2 Å². The zero-order chi connectivity index (χ0) is 33.6. The van der Waals surface area contributed by atoms with Crippen LogP contribution in [0.5, 0.6) is 0 Å². The van der Waals surface area contributed by atoms with Crippen molar-refractivity contribution < 1.29 is 12.6 Å². The lowest BCUT2D eigenvalue weighted by Crippen LogP contribution is -1.91. The van der Waals surface area contributed by atoms with Crippen molar-refractivity contribution in [3.8, 4) is 33.4 Å². The van der Waals surface area contributed by atoms with Crippen molar-refractivity contribution in [1.29, 1.82) is 0 Å². The summed E-state index contributed by atoms with van der Waals surface area (Å²) in [6.45, 7) is 0. The molecule has 43 heavy (non-hydrogen) atoms. The summed E-state index contributed by atoms with van der Waals surface area (Å²) >= 11 is 0. The Labute approximate surface area is 257 Å². The van der Waals surface area contributed by atoms with Gasteiger partial charge in [-0.05, 0) is 89.9 Å². The number of benzene rings is 8. The van der Waals surface area contributed by atoms with Crippen molar-refractivity contribution in [3.63, 3.8) is 0 Å². The van der Waals surface area contributed by atoms with Crippen molar-refractivity contribution in [3.05, 3.63) is 158 Å². The molecule has 0 atom stereocenters. The third kappa shape index (κ3) is 3.72. The van der Waals surface area contributed by atoms with Gasteiger partial charge in [-0.25, -0.2) is 0 Å². The minimum atomic E-state index is -0.305. The van der Waals surface area contributed by atoms with Crippen molar-refractivity contribution in [2.24, 2.45) is 0 Å². The minimum Gasteiger partial charge on any atom is -0.456 e. The van der Waals surface area contributed by atoms with Gasteiger partial charge in [-0.2, -0.15) is 0 Å². The quantitative estimate of drug-likeness (QED) is 0.199. The number of fused-ring (bicyclic) bond motifs is 6. The molecule has 1 heterocycles. The highest BCUT2D eigenvalue weighted by atomic mass is 16.3. The lowest BCUT2D eigenvalue weighted by Gasteiger charge is -2.18. The molecule has 1 heteroatoms. The molecule has 200 valence electrons. The van der Waals surface area contributed by atoms with Crippen LogP contribution in [0.3, 0.4) is 0 Å². The molecule has 0 amide bonds. The van der Waals surface area contributed by atoms with Gasteiger partial charge in [-0.3, -0.25) is 0 Å². The second kappa shape index (κ2) is 9.44. The van der Waals surface area contributed by atoms with Gasteiger partial charge in [0.15, 0.2) is 0 Å². The van der Waals surface area contributed by atoms with Gasteiger partial charge in [0.25, 0.3) is 0 Å². The Kier molecular flexibility index (Phi) is 4.11. The third-order valence-corrected chi connectivity index (χ3v) is 8.35. The van der Waals surface area contributed by atoms with Crippen LogP contribution in [-0.4, -0.2) is 0 Å². The maximum atomic E-state index is 9.38. The number of hydrogen-bond donors (Lipinski definition) is 0. The van der Waals surface area contributed by atoms with E-state index in [1.807, 2.05) is 66.7 Å². The minimum absolute atomic E-state index is 0.0318. The predicted octanol–water partition coefficient (Wildman–Crippen LogP) is 12.0. The summed E-state index contributed by atoms with van der Waals surface area (Å²) in [6.07, 6.45) is 0. The number of furan rings is 1. The SMILES string of the molecule is [2H]c1c([2H])c(-c2c3ccccc3c(-c3ccc4ccccc4c3)c3ccccc23)c2c(oc3c([2H])c(-c4ccccc4)c([2H])c([2H])c32)c1[2H]. The van der Waals surface area contributed by atoms with E-state index in [1.54, 1.807) is 12.1 Å². The van der Waals surface area contributed by atoms with Crippen LogP contribution in [0.1, 0.15) is 8.22 Å². The van der Waals surface area contributed by atoms with Crippen molar-refractivity contribution in [2.75, 3.05) is 0 Å². The first kappa shape index (κ1) is 18.7. The van der Waals surface area contributed by atoms with Crippen molar-refractivity contribution >= 4 is 54.3 Å². The Bertz CT molecular complexity index is 2780. The molecule has 0 aliphatic heterocycles. The molecular weight excluding hydrogens is 520 g/mol. The Morgan fingerprint density at radius 1 is 0.442 bits per heavy atom. The molecule has 0 aliphatic rings. The Morgan fingerprint density at radius 2 is 1.09 bits per heavy atom. The second-order valence-corrected chi connectivity index (χ2v) is 10.8. The van der Waals surface area contributed by atoms with Gasteiger partial charge in [-0.1, -0.05) is 133 Å². The summed E-state index contributed by atoms with van der Waals surface area (Å²) in [7, 11) is 0. The molecular formula is C42H26O. The summed E-state index contributed by atoms with van der Waals surface area (Å²) in [5.74, 6) is 0. The molecule has 0 N–H and O–H groups in total. The molecule has 0 saturated heterocycles. The van der Waals surface area contributed by atoms with Gasteiger partial charge in [0, 0.05) is 10.8 Å². The van der Waals surface area contributed by atoms with Crippen LogP contribution in [0.25, 0.3) is 87.6 Å². The molecule has 0 bridgehead atoms. The molecule has 0 fully saturated rings. The van der Waals surface area contributed by atoms with Crippen LogP contribution in [0, 0.1) is 0 Å². The average Bonchev–Trinajstić information content (AvgIpc) is 3.54. The molecule has 0 spiro atoms. The first-order chi connectivity index (χ1) is 23.8. The van der Waals surface area contributed by atoms with E-state index in [-0.39, 0.29) is 58.4 Å². The summed E-state index contributed by atoms with van der Waals surface area (Å²) in [5.41, 5.74) is 4.10. The van der Waals surface area contributed by atoms with E-state index in [0.717, 1.165) is 43.4 Å². The van der Waals surface area contributed by atoms with Gasteiger partial charge < -0.3 is 4.42 Å². The molecule has 9 rings (SSSR count). The highest BCUT2D eigenvalue weighted by Gasteiger charge is 2.20. The number of hydrogen-bond acceptors (Lipinski definition) is 1. The molecule has 1 aromatic heterocycles. The van der Waals surface area contributed by atoms with E-state index < -0.39 is 0 Å². The molecule has 0 aliphatic carbocycles. The van der Waals surface area contributed by atoms with Gasteiger partial charge in [-0.15, -0.1) is 0 Å². The highest BCUT2D eigenvalue weighted by Crippen LogP contribution is 2.47. The van der Waals surface area contributed by atoms with Gasteiger partial charge >= 0.3 is 0 Å². The van der Waals surface area contributed by atoms with Crippen molar-refractivity contribution in [1.82, 2.24) is 0 Å². The third-order valence-electron chi connectivity index (χ3n) is 8.35. The van der Waals surface area contributed by atoms with Crippen LogP contribution in [0.4, 0.5) is 0 Å². The molecule has 1 nitrogen and oxygen atoms in total. The highest BCUT2D eigenvalue weighted by molar-refractivity contribution is 6.25. The maximum absolute atomic E-state index is 9.38. The van der Waals surface area contributed by atoms with E-state index in [0.29, 0.717) is 22.1 Å². The maximum Gasteiger partial charge on any atom is 0.136 e. The summed E-state index contributed by atoms with van der Waals surface area (Å²) in [5, 5.41) is 6.37. The fourth-order valence-corrected chi connectivity index (χ4v) is 6.44. The number of rotatable bonds is 3. The zero-order valence-electron chi connectivity index (χ0n) is 29.0. The molecule has 0 saturated carbocycles. The first-order valence-electron chi connectivity index (χ1n) is 17.3. The smallest absolute Gasteiger partial charge is 0.136 e. The fourth-order valence-electron chi connectivity index (χ4n) is 6.44. The zero-order valence-corrected chi connectivity index (χ0v) is 23.0. The van der Waals surface area contributed by atoms with E-state index in [4.69, 9.17) is 8.53 Å². The molecule has 0 unspecified atom stereocenters. The standard InChI is InChI=1S/C42H26O/c1-2-11-27(12-3-1)30-23-24-36-39(26-30)43-38-20-10-19-37(42(36)38)41-34-17-8-6-15-32(34)40(33-16-7-9-18-35(33)41)31-22-21-28-13-4-5-14-29(28)25-31/h1-26H/i10D,19D,20D,23D,24D,26D. The monoisotopic (exact) mass is 552 g/mol. The van der Waals surface area contributed by atoms with Crippen LogP contribution >= 0.6 is 0 Å². The normalized spacial score (nSPS) is 13.7. The summed E-state index contributed by atoms with van der Waals surface area (Å²) in [6, 6.07) is 38.7. The van der Waals surface area contributed by atoms with Crippen LogP contribution in [-0.2, 0) is 0 Å². The predicted molar refractivity (Wildman–Crippen MR) is 183 cm³/mol. The average molecular weight is 553 g/mol. The van der Waals surface area contributed by atoms with Gasteiger partial charge in [0.2, 0.25) is 0 Å². The van der Waals surface area contributed by atoms with E-state index in [1.165, 1.54) is 0 Å². The van der Waals surface area contributed by atoms with E-state index in [9.17, 15) is 4.11 Å². The fraction of sp³-hybridized carbons (Fsp3) is 0. The first-order valence-corrected chi connectivity index (χ1v) is 14.3. The molecule has 0 radical (unpaired) electrons. The van der Waals surface area contributed by atoms with Gasteiger partial charge in [0.05, 0.1) is 8.22 Å². The Hall–Kier alpha value is -5.66. The summed E-state index contributed by atoms with van der Waals surface area (Å²) in [4.78, 5) is 0. The molecule has 9 aromatic rings. The lowest BCUT2D eigenvalue weighted by atomic mass is 9.84.